The quantitative estimate of drug-likeness (QED) is 0.526. The van der Waals surface area contributed by atoms with Crippen LogP contribution in [0, 0.1) is 5.82 Å². The standard InChI is InChI=1S/C22H19FN4O3/c1-26-18-12-17(25-21(28)24-15-8-6-7-14(23)11-15)20(13-19(18)27(2)22(26)29)30-16-9-4-3-5-10-16/h3-13H,1-2H3,(H2,24,25,28). The number of amides is 2. The number of ether oxygens (including phenoxy) is 1. The SMILES string of the molecule is Cn1c(=O)n(C)c2cc(Oc3ccccc3)c(NC(=O)Nc3cccc(F)c3)cc21. The summed E-state index contributed by atoms with van der Waals surface area (Å²) in [6.45, 7) is 0. The molecule has 30 heavy (non-hydrogen) atoms. The van der Waals surface area contributed by atoms with Gasteiger partial charge in [0, 0.05) is 25.8 Å². The van der Waals surface area contributed by atoms with Crippen molar-refractivity contribution in [1.29, 1.82) is 0 Å². The van der Waals surface area contributed by atoms with Crippen LogP contribution in [-0.2, 0) is 14.1 Å². The second-order valence-electron chi connectivity index (χ2n) is 6.74. The Hall–Kier alpha value is -4.07. The molecule has 0 spiro atoms. The van der Waals surface area contributed by atoms with Crippen molar-refractivity contribution in [3.8, 4) is 11.5 Å². The second-order valence-corrected chi connectivity index (χ2v) is 6.74. The number of hydrogen-bond donors (Lipinski definition) is 2. The molecule has 2 amide bonds. The van der Waals surface area contributed by atoms with Crippen LogP contribution in [0.4, 0.5) is 20.6 Å². The Labute approximate surface area is 171 Å². The van der Waals surface area contributed by atoms with E-state index in [1.807, 2.05) is 18.2 Å². The molecule has 0 fully saturated rings. The van der Waals surface area contributed by atoms with E-state index < -0.39 is 11.8 Å². The minimum absolute atomic E-state index is 0.197. The highest BCUT2D eigenvalue weighted by Gasteiger charge is 2.16. The smallest absolute Gasteiger partial charge is 0.328 e. The number of urea groups is 1. The van der Waals surface area contributed by atoms with E-state index in [0.717, 1.165) is 0 Å². The number of carbonyl (C=O) groups excluding carboxylic acids is 1. The van der Waals surface area contributed by atoms with Crippen molar-refractivity contribution in [1.82, 2.24) is 9.13 Å². The maximum absolute atomic E-state index is 13.4. The number of aromatic nitrogens is 2. The monoisotopic (exact) mass is 406 g/mol. The average Bonchev–Trinajstić information content (AvgIpc) is 2.93. The fraction of sp³-hybridized carbons (Fsp3) is 0.0909. The number of halogens is 1. The molecular weight excluding hydrogens is 387 g/mol. The number of anilines is 2. The van der Waals surface area contributed by atoms with Crippen molar-refractivity contribution in [2.75, 3.05) is 10.6 Å². The van der Waals surface area contributed by atoms with Crippen LogP contribution >= 0.6 is 0 Å². The predicted octanol–water partition coefficient (Wildman–Crippen LogP) is 4.45. The molecule has 0 aliphatic rings. The van der Waals surface area contributed by atoms with E-state index in [2.05, 4.69) is 10.6 Å². The molecule has 0 bridgehead atoms. The highest BCUT2D eigenvalue weighted by atomic mass is 19.1. The first-order valence-corrected chi connectivity index (χ1v) is 9.18. The van der Waals surface area contributed by atoms with Crippen molar-refractivity contribution >= 4 is 28.4 Å². The molecule has 0 atom stereocenters. The molecule has 0 aliphatic carbocycles. The summed E-state index contributed by atoms with van der Waals surface area (Å²) in [7, 11) is 3.32. The summed E-state index contributed by atoms with van der Waals surface area (Å²) in [5.74, 6) is 0.484. The van der Waals surface area contributed by atoms with Crippen LogP contribution in [0.25, 0.3) is 11.0 Å². The zero-order valence-corrected chi connectivity index (χ0v) is 16.3. The van der Waals surface area contributed by atoms with Gasteiger partial charge >= 0.3 is 11.7 Å². The third kappa shape index (κ3) is 3.75. The van der Waals surface area contributed by atoms with Gasteiger partial charge < -0.3 is 15.4 Å². The number of aryl methyl sites for hydroxylation is 2. The molecule has 4 rings (SSSR count). The van der Waals surface area contributed by atoms with Crippen LogP contribution in [-0.4, -0.2) is 15.2 Å². The molecule has 8 heteroatoms. The van der Waals surface area contributed by atoms with Crippen molar-refractivity contribution < 1.29 is 13.9 Å². The lowest BCUT2D eigenvalue weighted by Gasteiger charge is -2.14. The third-order valence-electron chi connectivity index (χ3n) is 4.68. The zero-order valence-electron chi connectivity index (χ0n) is 16.3. The maximum atomic E-state index is 13.4. The largest absolute Gasteiger partial charge is 0.455 e. The van der Waals surface area contributed by atoms with E-state index in [1.54, 1.807) is 44.4 Å². The molecule has 0 radical (unpaired) electrons. The molecule has 7 nitrogen and oxygen atoms in total. The van der Waals surface area contributed by atoms with Crippen molar-refractivity contribution in [2.45, 2.75) is 0 Å². The molecule has 2 N–H and O–H groups in total. The lowest BCUT2D eigenvalue weighted by Crippen LogP contribution is -2.20. The highest BCUT2D eigenvalue weighted by molar-refractivity contribution is 6.02. The number of rotatable bonds is 4. The molecule has 0 saturated heterocycles. The summed E-state index contributed by atoms with van der Waals surface area (Å²) in [5, 5.41) is 5.31. The fourth-order valence-electron chi connectivity index (χ4n) is 3.17. The summed E-state index contributed by atoms with van der Waals surface area (Å²) in [6.07, 6.45) is 0. The van der Waals surface area contributed by atoms with Crippen molar-refractivity contribution in [3.05, 3.63) is 83.0 Å². The third-order valence-corrected chi connectivity index (χ3v) is 4.68. The van der Waals surface area contributed by atoms with E-state index in [1.165, 1.54) is 27.3 Å². The normalized spacial score (nSPS) is 10.8. The van der Waals surface area contributed by atoms with E-state index in [9.17, 15) is 14.0 Å². The van der Waals surface area contributed by atoms with Crippen LogP contribution in [0.2, 0.25) is 0 Å². The number of carbonyl (C=O) groups is 1. The predicted molar refractivity (Wildman–Crippen MR) is 114 cm³/mol. The molecule has 0 aliphatic heterocycles. The van der Waals surface area contributed by atoms with Gasteiger partial charge in [-0.1, -0.05) is 24.3 Å². The van der Waals surface area contributed by atoms with E-state index in [4.69, 9.17) is 4.74 Å². The van der Waals surface area contributed by atoms with Gasteiger partial charge in [-0.2, -0.15) is 0 Å². The summed E-state index contributed by atoms with van der Waals surface area (Å²) < 4.78 is 22.3. The topological polar surface area (TPSA) is 77.3 Å². The minimum Gasteiger partial charge on any atom is -0.455 e. The highest BCUT2D eigenvalue weighted by Crippen LogP contribution is 2.33. The van der Waals surface area contributed by atoms with E-state index in [0.29, 0.717) is 33.9 Å². The number of para-hydroxylation sites is 1. The van der Waals surface area contributed by atoms with Crippen LogP contribution < -0.4 is 21.1 Å². The van der Waals surface area contributed by atoms with E-state index >= 15 is 0 Å². The first-order valence-electron chi connectivity index (χ1n) is 9.18. The first kappa shape index (κ1) is 19.3. The molecule has 1 aromatic heterocycles. The van der Waals surface area contributed by atoms with Crippen LogP contribution in [0.5, 0.6) is 11.5 Å². The van der Waals surface area contributed by atoms with Gasteiger partial charge in [0.2, 0.25) is 0 Å². The fourth-order valence-corrected chi connectivity index (χ4v) is 3.17. The molecule has 152 valence electrons. The van der Waals surface area contributed by atoms with Gasteiger partial charge in [-0.3, -0.25) is 9.13 Å². The lowest BCUT2D eigenvalue weighted by atomic mass is 10.2. The van der Waals surface area contributed by atoms with Crippen LogP contribution in [0.1, 0.15) is 0 Å². The summed E-state index contributed by atoms with van der Waals surface area (Å²) in [5.41, 5.74) is 1.76. The minimum atomic E-state index is -0.571. The van der Waals surface area contributed by atoms with Crippen LogP contribution in [0.3, 0.4) is 0 Å². The molecule has 4 aromatic rings. The van der Waals surface area contributed by atoms with Gasteiger partial charge in [0.05, 0.1) is 16.7 Å². The molecule has 0 saturated carbocycles. The van der Waals surface area contributed by atoms with Crippen molar-refractivity contribution in [2.24, 2.45) is 14.1 Å². The Morgan fingerprint density at radius 3 is 2.30 bits per heavy atom. The number of nitrogens with zero attached hydrogens (tertiary/aromatic N) is 2. The Morgan fingerprint density at radius 1 is 0.900 bits per heavy atom. The van der Waals surface area contributed by atoms with Gasteiger partial charge in [-0.05, 0) is 36.4 Å². The van der Waals surface area contributed by atoms with Crippen LogP contribution in [0.15, 0.2) is 71.5 Å². The summed E-state index contributed by atoms with van der Waals surface area (Å²) in [6, 6.07) is 17.5. The molecule has 1 heterocycles. The Kier molecular flexibility index (Phi) is 4.97. The number of hydrogen-bond acceptors (Lipinski definition) is 3. The van der Waals surface area contributed by atoms with Crippen molar-refractivity contribution in [3.63, 3.8) is 0 Å². The Bertz CT molecular complexity index is 1300. The van der Waals surface area contributed by atoms with Gasteiger partial charge in [0.15, 0.2) is 5.75 Å². The van der Waals surface area contributed by atoms with Gasteiger partial charge in [0.1, 0.15) is 11.6 Å². The van der Waals surface area contributed by atoms with E-state index in [-0.39, 0.29) is 5.69 Å². The Balaban J connectivity index is 1.72. The first-order chi connectivity index (χ1) is 14.4. The van der Waals surface area contributed by atoms with Gasteiger partial charge in [0.25, 0.3) is 0 Å². The average molecular weight is 406 g/mol. The van der Waals surface area contributed by atoms with Gasteiger partial charge in [-0.15, -0.1) is 0 Å². The maximum Gasteiger partial charge on any atom is 0.328 e. The van der Waals surface area contributed by atoms with Gasteiger partial charge in [-0.25, -0.2) is 14.0 Å². The molecule has 3 aromatic carbocycles. The number of imidazole rings is 1. The number of fused-ring (bicyclic) bond motifs is 1. The number of benzene rings is 3. The second kappa shape index (κ2) is 7.75. The molecule has 0 unspecified atom stereocenters. The lowest BCUT2D eigenvalue weighted by molar-refractivity contribution is 0.262. The Morgan fingerprint density at radius 2 is 1.60 bits per heavy atom. The zero-order chi connectivity index (χ0) is 21.3. The summed E-state index contributed by atoms with van der Waals surface area (Å²) in [4.78, 5) is 24.8. The summed E-state index contributed by atoms with van der Waals surface area (Å²) >= 11 is 0. The molecular formula is C22H19FN4O3. The number of nitrogens with one attached hydrogen (secondary N) is 2.